The van der Waals surface area contributed by atoms with Gasteiger partial charge in [-0.1, -0.05) is 0 Å². The van der Waals surface area contributed by atoms with Crippen LogP contribution < -0.4 is 10.5 Å². The largest absolute Gasteiger partial charge is 0.377 e. The molecule has 0 spiro atoms. The van der Waals surface area contributed by atoms with Crippen molar-refractivity contribution >= 4 is 5.82 Å². The molecule has 1 aliphatic heterocycles. The van der Waals surface area contributed by atoms with Gasteiger partial charge in [0.05, 0.1) is 5.60 Å². The molecule has 2 fully saturated rings. The van der Waals surface area contributed by atoms with Crippen molar-refractivity contribution in [2.24, 2.45) is 0 Å². The number of H-pyrrole nitrogens is 1. The molecule has 5 nitrogen and oxygen atoms in total. The van der Waals surface area contributed by atoms with Gasteiger partial charge in [-0.3, -0.25) is 4.79 Å². The summed E-state index contributed by atoms with van der Waals surface area (Å²) in [6.45, 7) is 3.86. The minimum Gasteiger partial charge on any atom is -0.377 e. The molecule has 1 saturated carbocycles. The number of rotatable bonds is 3. The molecule has 0 amide bonds. The second-order valence-corrected chi connectivity index (χ2v) is 5.94. The van der Waals surface area contributed by atoms with Crippen LogP contribution in [-0.4, -0.2) is 35.8 Å². The van der Waals surface area contributed by atoms with Gasteiger partial charge in [-0.15, -0.1) is 0 Å². The third kappa shape index (κ3) is 2.66. The van der Waals surface area contributed by atoms with Crippen LogP contribution >= 0.6 is 0 Å². The molecule has 1 N–H and O–H groups in total. The fourth-order valence-corrected chi connectivity index (χ4v) is 2.74. The number of nitrogens with one attached hydrogen (secondary N) is 1. The number of aromatic amines is 1. The predicted octanol–water partition coefficient (Wildman–Crippen LogP) is 1.65. The number of piperidine rings is 1. The maximum Gasteiger partial charge on any atom is 0.252 e. The van der Waals surface area contributed by atoms with E-state index in [0.29, 0.717) is 5.92 Å². The molecule has 1 aromatic rings. The topological polar surface area (TPSA) is 58.2 Å². The zero-order valence-corrected chi connectivity index (χ0v) is 11.6. The van der Waals surface area contributed by atoms with E-state index in [2.05, 4.69) is 21.8 Å². The van der Waals surface area contributed by atoms with Crippen LogP contribution in [0.4, 0.5) is 5.82 Å². The van der Waals surface area contributed by atoms with E-state index in [-0.39, 0.29) is 11.2 Å². The van der Waals surface area contributed by atoms with Crippen molar-refractivity contribution in [3.05, 3.63) is 22.2 Å². The monoisotopic (exact) mass is 263 g/mol. The standard InChI is InChI=1S/C14H21N3O2/c1-14(19-2)6-3-7-17(9-14)11-8-12(18)16-13(15-11)10-4-5-10/h8,10H,3-7,9H2,1-2H3,(H,15,16,18). The summed E-state index contributed by atoms with van der Waals surface area (Å²) in [4.78, 5) is 21.4. The number of hydrogen-bond donors (Lipinski definition) is 1. The molecule has 1 atom stereocenters. The summed E-state index contributed by atoms with van der Waals surface area (Å²) in [7, 11) is 1.75. The highest BCUT2D eigenvalue weighted by Gasteiger charge is 2.32. The van der Waals surface area contributed by atoms with Crippen LogP contribution in [0, 0.1) is 0 Å². The lowest BCUT2D eigenvalue weighted by atomic mass is 9.95. The van der Waals surface area contributed by atoms with E-state index in [1.807, 2.05) is 0 Å². The average Bonchev–Trinajstić information content (AvgIpc) is 3.22. The molecular formula is C14H21N3O2. The Bertz CT molecular complexity index is 524. The Morgan fingerprint density at radius 3 is 3.00 bits per heavy atom. The summed E-state index contributed by atoms with van der Waals surface area (Å²) in [6, 6.07) is 1.60. The number of aromatic nitrogens is 2. The molecule has 3 rings (SSSR count). The summed E-state index contributed by atoms with van der Waals surface area (Å²) in [6.07, 6.45) is 4.40. The van der Waals surface area contributed by atoms with Crippen LogP contribution in [0.3, 0.4) is 0 Å². The second-order valence-electron chi connectivity index (χ2n) is 5.94. The summed E-state index contributed by atoms with van der Waals surface area (Å²) in [5.74, 6) is 2.12. The summed E-state index contributed by atoms with van der Waals surface area (Å²) >= 11 is 0. The maximum absolute atomic E-state index is 11.8. The van der Waals surface area contributed by atoms with E-state index >= 15 is 0 Å². The first-order valence-corrected chi connectivity index (χ1v) is 7.01. The molecule has 0 aromatic carbocycles. The Labute approximate surface area is 113 Å². The maximum atomic E-state index is 11.8. The normalized spacial score (nSPS) is 27.6. The zero-order valence-electron chi connectivity index (χ0n) is 11.6. The fraction of sp³-hybridized carbons (Fsp3) is 0.714. The van der Waals surface area contributed by atoms with Gasteiger partial charge in [-0.2, -0.15) is 0 Å². The summed E-state index contributed by atoms with van der Waals surface area (Å²) in [5, 5.41) is 0. The van der Waals surface area contributed by atoms with Gasteiger partial charge in [0.2, 0.25) is 0 Å². The average molecular weight is 263 g/mol. The lowest BCUT2D eigenvalue weighted by molar-refractivity contribution is -0.00483. The summed E-state index contributed by atoms with van der Waals surface area (Å²) in [5.41, 5.74) is -0.181. The highest BCUT2D eigenvalue weighted by Crippen LogP contribution is 2.38. The Balaban J connectivity index is 1.86. The molecule has 1 unspecified atom stereocenters. The minimum absolute atomic E-state index is 0.0448. The van der Waals surface area contributed by atoms with Crippen LogP contribution in [0.1, 0.15) is 44.3 Å². The number of methoxy groups -OCH3 is 1. The van der Waals surface area contributed by atoms with E-state index in [1.165, 1.54) is 0 Å². The molecule has 0 radical (unpaired) electrons. The van der Waals surface area contributed by atoms with Gasteiger partial charge in [-0.05, 0) is 32.6 Å². The molecule has 2 heterocycles. The molecular weight excluding hydrogens is 242 g/mol. The minimum atomic E-state index is -0.137. The number of nitrogens with zero attached hydrogens (tertiary/aromatic N) is 2. The second kappa shape index (κ2) is 4.63. The molecule has 2 aliphatic rings. The van der Waals surface area contributed by atoms with Crippen molar-refractivity contribution in [2.45, 2.75) is 44.1 Å². The van der Waals surface area contributed by atoms with Gasteiger partial charge in [0.1, 0.15) is 11.6 Å². The fourth-order valence-electron chi connectivity index (χ4n) is 2.74. The quantitative estimate of drug-likeness (QED) is 0.901. The number of ether oxygens (including phenoxy) is 1. The Hall–Kier alpha value is -1.36. The van der Waals surface area contributed by atoms with Crippen LogP contribution in [0.25, 0.3) is 0 Å². The number of hydrogen-bond acceptors (Lipinski definition) is 4. The van der Waals surface area contributed by atoms with Gasteiger partial charge in [0.15, 0.2) is 0 Å². The molecule has 1 aromatic heterocycles. The SMILES string of the molecule is COC1(C)CCCN(c2cc(=O)[nH]c(C3CC3)n2)C1. The molecule has 5 heteroatoms. The van der Waals surface area contributed by atoms with E-state index in [9.17, 15) is 4.79 Å². The van der Waals surface area contributed by atoms with Crippen molar-refractivity contribution in [1.82, 2.24) is 9.97 Å². The van der Waals surface area contributed by atoms with E-state index in [1.54, 1.807) is 13.2 Å². The van der Waals surface area contributed by atoms with Gasteiger partial charge < -0.3 is 14.6 Å². The Morgan fingerprint density at radius 1 is 1.53 bits per heavy atom. The molecule has 1 saturated heterocycles. The smallest absolute Gasteiger partial charge is 0.252 e. The van der Waals surface area contributed by atoms with E-state index in [0.717, 1.165) is 50.4 Å². The predicted molar refractivity (Wildman–Crippen MR) is 73.7 cm³/mol. The molecule has 0 bridgehead atoms. The van der Waals surface area contributed by atoms with Crippen molar-refractivity contribution in [1.29, 1.82) is 0 Å². The van der Waals surface area contributed by atoms with Gasteiger partial charge in [0, 0.05) is 32.2 Å². The van der Waals surface area contributed by atoms with Crippen molar-refractivity contribution in [3.63, 3.8) is 0 Å². The van der Waals surface area contributed by atoms with E-state index in [4.69, 9.17) is 4.74 Å². The van der Waals surface area contributed by atoms with Gasteiger partial charge >= 0.3 is 0 Å². The Morgan fingerprint density at radius 2 is 2.32 bits per heavy atom. The van der Waals surface area contributed by atoms with Crippen molar-refractivity contribution < 1.29 is 4.74 Å². The lowest BCUT2D eigenvalue weighted by Crippen LogP contribution is -2.48. The molecule has 19 heavy (non-hydrogen) atoms. The lowest BCUT2D eigenvalue weighted by Gasteiger charge is -2.40. The van der Waals surface area contributed by atoms with Crippen molar-refractivity contribution in [3.8, 4) is 0 Å². The van der Waals surface area contributed by atoms with Crippen LogP contribution in [0.2, 0.25) is 0 Å². The van der Waals surface area contributed by atoms with E-state index < -0.39 is 0 Å². The molecule has 104 valence electrons. The first-order chi connectivity index (χ1) is 9.09. The first kappa shape index (κ1) is 12.7. The van der Waals surface area contributed by atoms with Gasteiger partial charge in [0.25, 0.3) is 5.56 Å². The van der Waals surface area contributed by atoms with Crippen LogP contribution in [0.5, 0.6) is 0 Å². The Kier molecular flexibility index (Phi) is 3.09. The highest BCUT2D eigenvalue weighted by molar-refractivity contribution is 5.39. The van der Waals surface area contributed by atoms with Crippen LogP contribution in [-0.2, 0) is 4.74 Å². The van der Waals surface area contributed by atoms with Crippen molar-refractivity contribution in [2.75, 3.05) is 25.1 Å². The first-order valence-electron chi connectivity index (χ1n) is 7.01. The van der Waals surface area contributed by atoms with Gasteiger partial charge in [-0.25, -0.2) is 4.98 Å². The third-order valence-electron chi connectivity index (χ3n) is 4.19. The third-order valence-corrected chi connectivity index (χ3v) is 4.19. The highest BCUT2D eigenvalue weighted by atomic mass is 16.5. The zero-order chi connectivity index (χ0) is 13.5. The molecule has 1 aliphatic carbocycles. The van der Waals surface area contributed by atoms with Crippen LogP contribution in [0.15, 0.2) is 10.9 Å². The number of anilines is 1. The summed E-state index contributed by atoms with van der Waals surface area (Å²) < 4.78 is 5.60.